The molecule has 1 amide bonds. The van der Waals surface area contributed by atoms with Crippen LogP contribution < -0.4 is 29.2 Å². The molecule has 0 atom stereocenters. The van der Waals surface area contributed by atoms with Crippen LogP contribution in [0.5, 0.6) is 0 Å². The Balaban J connectivity index is 0.000000238. The number of nitrogens with zero attached hydrogens (tertiary/aromatic N) is 10. The van der Waals surface area contributed by atoms with E-state index in [0.29, 0.717) is 95.7 Å². The maximum atomic E-state index is 13.2. The SMILES string of the molecule is CC(C)(C)OC(=O)CCCOCCN.Cc1ccc(CC(=O)c2ccc(CN3CCN(CC(=O)NCCOCC[NH3+])CC3)cc2)cc1Cc1nccc(-c2cccnc2)n1.Cc1ccc(CC(=O)c2ccc(CN3CCN(CC(=O)O)CC3)cc2)cc1Cc1nccc(-c2cccnc2)n1.[Cl-]. The number of pyridine rings is 2. The number of rotatable bonds is 31. The van der Waals surface area contributed by atoms with Gasteiger partial charge in [-0.15, -0.1) is 0 Å². The number of hydrogen-bond donors (Lipinski definition) is 4. The number of carboxylic acids is 1. The molecule has 10 rings (SSSR count). The second-order valence-electron chi connectivity index (χ2n) is 26.1. The number of aromatic nitrogens is 6. The van der Waals surface area contributed by atoms with E-state index >= 15 is 0 Å². The molecule has 8 aromatic rings. The summed E-state index contributed by atoms with van der Waals surface area (Å²) in [7, 11) is 0. The molecule has 22 nitrogen and oxygen atoms in total. The summed E-state index contributed by atoms with van der Waals surface area (Å²) in [5, 5.41) is 11.9. The molecule has 2 aliphatic rings. The Morgan fingerprint density at radius 3 is 1.46 bits per heavy atom. The fourth-order valence-electron chi connectivity index (χ4n) is 11.4. The molecule has 4 aromatic carbocycles. The molecule has 101 heavy (non-hydrogen) atoms. The number of carboxylic acid groups (broad SMARTS) is 1. The quantitative estimate of drug-likeness (QED) is 0.0264. The Bertz CT molecular complexity index is 3870. The van der Waals surface area contributed by atoms with Crippen molar-refractivity contribution in [2.24, 2.45) is 5.73 Å². The minimum Gasteiger partial charge on any atom is -1.00 e. The number of carbonyl (C=O) groups excluding carboxylic acids is 4. The molecule has 6 heterocycles. The first-order valence-corrected chi connectivity index (χ1v) is 34.5. The lowest BCUT2D eigenvalue weighted by Gasteiger charge is -2.34. The normalized spacial score (nSPS) is 13.5. The van der Waals surface area contributed by atoms with Crippen LogP contribution in [0.4, 0.5) is 0 Å². The summed E-state index contributed by atoms with van der Waals surface area (Å²) >= 11 is 0. The summed E-state index contributed by atoms with van der Waals surface area (Å²) in [5.74, 6) is 0.721. The molecular formula is C78H98ClN13O9. The van der Waals surface area contributed by atoms with Crippen molar-refractivity contribution in [1.29, 1.82) is 0 Å². The lowest BCUT2D eigenvalue weighted by atomic mass is 9.97. The third-order valence-electron chi connectivity index (χ3n) is 16.8. The molecule has 0 bridgehead atoms. The number of benzene rings is 4. The minimum atomic E-state index is -0.781. The van der Waals surface area contributed by atoms with Crippen molar-refractivity contribution < 1.29 is 61.4 Å². The summed E-state index contributed by atoms with van der Waals surface area (Å²) < 4.78 is 15.6. The van der Waals surface area contributed by atoms with E-state index in [9.17, 15) is 24.0 Å². The first kappa shape index (κ1) is 79.4. The number of hydrogen-bond acceptors (Lipinski definition) is 19. The highest BCUT2D eigenvalue weighted by molar-refractivity contribution is 5.98. The predicted octanol–water partition coefficient (Wildman–Crippen LogP) is 4.51. The van der Waals surface area contributed by atoms with E-state index in [1.54, 1.807) is 37.2 Å². The van der Waals surface area contributed by atoms with Crippen LogP contribution in [0.2, 0.25) is 0 Å². The molecule has 536 valence electrons. The van der Waals surface area contributed by atoms with Gasteiger partial charge in [0.25, 0.3) is 0 Å². The molecule has 0 aliphatic carbocycles. The van der Waals surface area contributed by atoms with Crippen LogP contribution in [0.25, 0.3) is 22.5 Å². The van der Waals surface area contributed by atoms with Crippen molar-refractivity contribution in [2.75, 3.05) is 112 Å². The standard InChI is InChI=1S/C36H43N7O3.C32H33N5O3.C10H21NO3.ClH/c1-27-4-5-29(21-32(27)23-35-39-13-10-33(41-35)31-3-2-12-38-24-31)22-34(44)30-8-6-28(7-9-30)25-42-15-17-43(18-16-42)26-36(45)40-14-20-46-19-11-37;1-23-4-5-25(17-28(23)19-31-34-12-10-29(35-31)27-3-2-11-33-20-27)18-30(38)26-8-6-24(7-9-26)21-36-13-15-37(16-14-36)22-32(39)40;1-10(2,3)14-9(12)5-4-7-13-8-6-11;/h2-10,12-13,21,24H,11,14-20,22-23,25-26,37H2,1H3,(H,40,45);2-12,17,20H,13-16,18-19,21-22H2,1H3,(H,39,40);4-8,11H2,1-3H3;1H. The number of aliphatic carboxylic acids is 1. The number of nitrogens with one attached hydrogen (secondary N) is 1. The number of ketones is 2. The molecule has 0 saturated carbocycles. The monoisotopic (exact) mass is 1400 g/mol. The Morgan fingerprint density at radius 2 is 1.02 bits per heavy atom. The maximum absolute atomic E-state index is 13.2. The van der Waals surface area contributed by atoms with Gasteiger partial charge in [-0.05, 0) is 122 Å². The van der Waals surface area contributed by atoms with Crippen molar-refractivity contribution in [3.05, 3.63) is 226 Å². The van der Waals surface area contributed by atoms with Gasteiger partial charge in [-0.25, -0.2) is 19.9 Å². The molecule has 0 unspecified atom stereocenters. The predicted molar refractivity (Wildman–Crippen MR) is 385 cm³/mol. The van der Waals surface area contributed by atoms with Crippen LogP contribution in [0.1, 0.15) is 110 Å². The lowest BCUT2D eigenvalue weighted by molar-refractivity contribution is -0.374. The first-order chi connectivity index (χ1) is 48.3. The molecule has 0 radical (unpaired) electrons. The Kier molecular flexibility index (Phi) is 32.8. The van der Waals surface area contributed by atoms with Crippen LogP contribution in [-0.4, -0.2) is 201 Å². The Hall–Kier alpha value is -8.94. The van der Waals surface area contributed by atoms with Gasteiger partial charge in [0.2, 0.25) is 5.91 Å². The number of ether oxygens (including phenoxy) is 3. The maximum Gasteiger partial charge on any atom is 0.317 e. The van der Waals surface area contributed by atoms with E-state index in [0.717, 1.165) is 145 Å². The summed E-state index contributed by atoms with van der Waals surface area (Å²) in [6.07, 6.45) is 13.6. The summed E-state index contributed by atoms with van der Waals surface area (Å²) in [6.45, 7) is 22.5. The highest BCUT2D eigenvalue weighted by atomic mass is 35.5. The van der Waals surface area contributed by atoms with E-state index in [-0.39, 0.29) is 42.4 Å². The van der Waals surface area contributed by atoms with E-state index in [2.05, 4.69) is 95.9 Å². The van der Waals surface area contributed by atoms with E-state index in [1.807, 2.05) is 111 Å². The highest BCUT2D eigenvalue weighted by Gasteiger charge is 2.22. The van der Waals surface area contributed by atoms with E-state index in [1.165, 1.54) is 5.56 Å². The summed E-state index contributed by atoms with van der Waals surface area (Å²) in [4.78, 5) is 96.3. The number of piperazine rings is 2. The van der Waals surface area contributed by atoms with Crippen LogP contribution in [0.15, 0.2) is 159 Å². The number of carbonyl (C=O) groups is 5. The van der Waals surface area contributed by atoms with Crippen molar-refractivity contribution in [3.63, 3.8) is 0 Å². The third-order valence-corrected chi connectivity index (χ3v) is 16.8. The van der Waals surface area contributed by atoms with Gasteiger partial charge >= 0.3 is 11.9 Å². The molecule has 2 fully saturated rings. The van der Waals surface area contributed by atoms with Gasteiger partial charge < -0.3 is 48.5 Å². The lowest BCUT2D eigenvalue weighted by Crippen LogP contribution is -3.00. The van der Waals surface area contributed by atoms with Crippen LogP contribution >= 0.6 is 0 Å². The second kappa shape index (κ2) is 41.7. The van der Waals surface area contributed by atoms with Gasteiger partial charge in [0.05, 0.1) is 50.8 Å². The van der Waals surface area contributed by atoms with Crippen molar-refractivity contribution in [1.82, 2.24) is 54.8 Å². The molecule has 7 N–H and O–H groups in total. The number of nitrogens with two attached hydrogens (primary N) is 1. The minimum absolute atomic E-state index is 0. The zero-order valence-electron chi connectivity index (χ0n) is 59.0. The van der Waals surface area contributed by atoms with Gasteiger partial charge in [-0.2, -0.15) is 0 Å². The fourth-order valence-corrected chi connectivity index (χ4v) is 11.4. The van der Waals surface area contributed by atoms with Crippen LogP contribution in [0.3, 0.4) is 0 Å². The fraction of sp³-hybridized carbons (Fsp3) is 0.397. The largest absolute Gasteiger partial charge is 1.00 e. The number of amides is 1. The zero-order valence-corrected chi connectivity index (χ0v) is 59.8. The van der Waals surface area contributed by atoms with E-state index < -0.39 is 11.6 Å². The van der Waals surface area contributed by atoms with E-state index in [4.69, 9.17) is 35.0 Å². The number of quaternary nitrogens is 1. The molecule has 2 aliphatic heterocycles. The Morgan fingerprint density at radius 1 is 0.564 bits per heavy atom. The van der Waals surface area contributed by atoms with Crippen LogP contribution in [-0.2, 0) is 67.4 Å². The average molecular weight is 1400 g/mol. The molecule has 23 heteroatoms. The number of halogens is 1. The number of Topliss-reactive ketones (excluding diaryl/α,β-unsaturated/α-hetero) is 2. The van der Waals surface area contributed by atoms with Crippen molar-refractivity contribution in [3.8, 4) is 22.5 Å². The van der Waals surface area contributed by atoms with Crippen LogP contribution in [0, 0.1) is 13.8 Å². The van der Waals surface area contributed by atoms with Gasteiger partial charge in [0.1, 0.15) is 17.2 Å². The zero-order chi connectivity index (χ0) is 71.1. The smallest absolute Gasteiger partial charge is 0.317 e. The summed E-state index contributed by atoms with van der Waals surface area (Å²) in [6, 6.07) is 39.7. The average Bonchev–Trinajstić information content (AvgIpc) is 0.850. The molecule has 4 aromatic heterocycles. The van der Waals surface area contributed by atoms with Gasteiger partial charge in [-0.3, -0.25) is 53.5 Å². The first-order valence-electron chi connectivity index (χ1n) is 34.5. The van der Waals surface area contributed by atoms with Crippen molar-refractivity contribution >= 4 is 29.4 Å². The van der Waals surface area contributed by atoms with Crippen molar-refractivity contribution in [2.45, 2.75) is 91.8 Å². The molecule has 0 spiro atoms. The third kappa shape index (κ3) is 28.2. The number of aryl methyl sites for hydroxylation is 2. The molecular weight excluding hydrogens is 1300 g/mol. The van der Waals surface area contributed by atoms with Gasteiger partial charge in [0.15, 0.2) is 11.6 Å². The van der Waals surface area contributed by atoms with Gasteiger partial charge in [-0.1, -0.05) is 84.9 Å². The summed E-state index contributed by atoms with van der Waals surface area (Å²) in [5.41, 5.74) is 22.3. The second-order valence-corrected chi connectivity index (χ2v) is 26.1. The van der Waals surface area contributed by atoms with Gasteiger partial charge in [0, 0.05) is 177 Å². The molecule has 2 saturated heterocycles. The topological polar surface area (TPSA) is 289 Å². The number of esters is 1. The highest BCUT2D eigenvalue weighted by Crippen LogP contribution is 2.23. The Labute approximate surface area is 600 Å².